The molecule has 0 radical (unpaired) electrons. The fraction of sp³-hybridized carbons (Fsp3) is 0. The van der Waals surface area contributed by atoms with Crippen molar-refractivity contribution in [3.63, 3.8) is 0 Å². The Morgan fingerprint density at radius 1 is 0.406 bits per heavy atom. The molecule has 0 aromatic heterocycles. The Hall–Kier alpha value is -4.34. The molecule has 32 heavy (non-hydrogen) atoms. The van der Waals surface area contributed by atoms with Crippen LogP contribution in [0.4, 0.5) is 0 Å². The highest BCUT2D eigenvalue weighted by atomic mass is 14.2. The molecule has 0 amide bonds. The Morgan fingerprint density at radius 3 is 1.03 bits per heavy atom. The molecule has 0 heterocycles. The van der Waals surface area contributed by atoms with Crippen LogP contribution in [0.5, 0.6) is 0 Å². The normalized spacial score (nSPS) is 10.5. The molecule has 0 saturated heterocycles. The number of terminal acetylenes is 1. The van der Waals surface area contributed by atoms with Gasteiger partial charge < -0.3 is 0 Å². The fourth-order valence-electron chi connectivity index (χ4n) is 4.33. The van der Waals surface area contributed by atoms with E-state index in [2.05, 4.69) is 109 Å². The van der Waals surface area contributed by atoms with Gasteiger partial charge in [-0.05, 0) is 39.4 Å². The zero-order valence-corrected chi connectivity index (χ0v) is 17.7. The lowest BCUT2D eigenvalue weighted by molar-refractivity contribution is 1.52. The molecule has 0 unspecified atom stereocenters. The summed E-state index contributed by atoms with van der Waals surface area (Å²) in [6.45, 7) is 0. The van der Waals surface area contributed by atoms with Crippen LogP contribution in [0, 0.1) is 12.3 Å². The Kier molecular flexibility index (Phi) is 5.39. The van der Waals surface area contributed by atoms with Crippen LogP contribution in [0.2, 0.25) is 0 Å². The van der Waals surface area contributed by atoms with Crippen LogP contribution in [0.3, 0.4) is 0 Å². The molecule has 0 N–H and O–H groups in total. The monoisotopic (exact) mass is 406 g/mol. The van der Waals surface area contributed by atoms with E-state index in [-0.39, 0.29) is 0 Å². The van der Waals surface area contributed by atoms with Crippen LogP contribution in [-0.2, 0) is 0 Å². The van der Waals surface area contributed by atoms with Gasteiger partial charge in [0.15, 0.2) is 0 Å². The summed E-state index contributed by atoms with van der Waals surface area (Å²) in [5, 5.41) is 0. The van der Waals surface area contributed by atoms with E-state index in [1.807, 2.05) is 24.3 Å². The molecule has 0 heteroatoms. The van der Waals surface area contributed by atoms with Gasteiger partial charge in [0.25, 0.3) is 0 Å². The maximum absolute atomic E-state index is 6.27. The summed E-state index contributed by atoms with van der Waals surface area (Å²) in [5.74, 6) is 3.08. The highest BCUT2D eigenvalue weighted by Gasteiger charge is 2.21. The summed E-state index contributed by atoms with van der Waals surface area (Å²) in [7, 11) is 0. The predicted octanol–water partition coefficient (Wildman–Crippen LogP) is 8.34. The first-order chi connectivity index (χ1) is 15.9. The Bertz CT molecular complexity index is 1270. The minimum atomic E-state index is 0.919. The molecule has 0 aliphatic rings. The van der Waals surface area contributed by atoms with Crippen molar-refractivity contribution < 1.29 is 0 Å². The van der Waals surface area contributed by atoms with Crippen molar-refractivity contribution in [2.45, 2.75) is 0 Å². The first kappa shape index (κ1) is 19.6. The molecule has 0 nitrogen and oxygen atoms in total. The van der Waals surface area contributed by atoms with Crippen molar-refractivity contribution in [2.24, 2.45) is 0 Å². The highest BCUT2D eigenvalue weighted by Crippen LogP contribution is 2.45. The topological polar surface area (TPSA) is 0 Å². The first-order valence-corrected chi connectivity index (χ1v) is 10.8. The van der Waals surface area contributed by atoms with E-state index in [1.165, 1.54) is 0 Å². The Balaban J connectivity index is 1.95. The molecule has 0 bridgehead atoms. The predicted molar refractivity (Wildman–Crippen MR) is 136 cm³/mol. The van der Waals surface area contributed by atoms with Gasteiger partial charge in [0.1, 0.15) is 0 Å². The second kappa shape index (κ2) is 8.80. The van der Waals surface area contributed by atoms with Gasteiger partial charge in [-0.1, -0.05) is 127 Å². The molecule has 0 saturated carbocycles. The second-order valence-electron chi connectivity index (χ2n) is 7.71. The lowest BCUT2D eigenvalue weighted by Crippen LogP contribution is -1.98. The van der Waals surface area contributed by atoms with E-state index >= 15 is 0 Å². The largest absolute Gasteiger partial charge is 0.115 e. The minimum absolute atomic E-state index is 0.919. The molecule has 150 valence electrons. The van der Waals surface area contributed by atoms with Crippen molar-refractivity contribution in [2.75, 3.05) is 0 Å². The molecule has 0 spiro atoms. The molecule has 5 aromatic rings. The van der Waals surface area contributed by atoms with Crippen LogP contribution >= 0.6 is 0 Å². The van der Waals surface area contributed by atoms with Gasteiger partial charge in [-0.15, -0.1) is 6.42 Å². The van der Waals surface area contributed by atoms with E-state index in [4.69, 9.17) is 6.42 Å². The van der Waals surface area contributed by atoms with Gasteiger partial charge in [-0.25, -0.2) is 0 Å². The molecule has 0 fully saturated rings. The van der Waals surface area contributed by atoms with Crippen LogP contribution in [0.15, 0.2) is 127 Å². The second-order valence-corrected chi connectivity index (χ2v) is 7.71. The van der Waals surface area contributed by atoms with E-state index in [0.29, 0.717) is 0 Å². The van der Waals surface area contributed by atoms with Gasteiger partial charge in [0.05, 0.1) is 0 Å². The van der Waals surface area contributed by atoms with Crippen molar-refractivity contribution in [1.29, 1.82) is 0 Å². The van der Waals surface area contributed by atoms with E-state index < -0.39 is 0 Å². The van der Waals surface area contributed by atoms with E-state index in [0.717, 1.165) is 50.1 Å². The summed E-state index contributed by atoms with van der Waals surface area (Å²) in [6, 6.07) is 44.2. The number of hydrogen-bond acceptors (Lipinski definition) is 0. The van der Waals surface area contributed by atoms with Crippen molar-refractivity contribution in [1.82, 2.24) is 0 Å². The Labute approximate surface area is 189 Å². The van der Waals surface area contributed by atoms with Crippen LogP contribution in [0.1, 0.15) is 5.56 Å². The number of hydrogen-bond donors (Lipinski definition) is 0. The van der Waals surface area contributed by atoms with Gasteiger partial charge in [-0.3, -0.25) is 0 Å². The highest BCUT2D eigenvalue weighted by molar-refractivity contribution is 6.00. The van der Waals surface area contributed by atoms with Gasteiger partial charge in [0.2, 0.25) is 0 Å². The minimum Gasteiger partial charge on any atom is -0.115 e. The SMILES string of the molecule is C#Cc1c(-c2ccccc2)c(-c2ccccc2)cc(-c2ccccc2)c1-c1ccccc1. The molecule has 5 rings (SSSR count). The molecule has 0 atom stereocenters. The van der Waals surface area contributed by atoms with Crippen molar-refractivity contribution >= 4 is 0 Å². The smallest absolute Gasteiger partial charge is 0.0411 e. The van der Waals surface area contributed by atoms with E-state index in [1.54, 1.807) is 0 Å². The Morgan fingerprint density at radius 2 is 0.719 bits per heavy atom. The van der Waals surface area contributed by atoms with Crippen LogP contribution in [0.25, 0.3) is 44.5 Å². The third-order valence-corrected chi connectivity index (χ3v) is 5.77. The summed E-state index contributed by atoms with van der Waals surface area (Å²) in [4.78, 5) is 0. The fourth-order valence-corrected chi connectivity index (χ4v) is 4.33. The van der Waals surface area contributed by atoms with Crippen molar-refractivity contribution in [3.8, 4) is 56.9 Å². The van der Waals surface area contributed by atoms with Crippen LogP contribution < -0.4 is 0 Å². The first-order valence-electron chi connectivity index (χ1n) is 10.8. The average Bonchev–Trinajstić information content (AvgIpc) is 2.89. The van der Waals surface area contributed by atoms with Crippen molar-refractivity contribution in [3.05, 3.63) is 133 Å². The summed E-state index contributed by atoms with van der Waals surface area (Å²) < 4.78 is 0. The van der Waals surface area contributed by atoms with Crippen LogP contribution in [-0.4, -0.2) is 0 Å². The summed E-state index contributed by atoms with van der Waals surface area (Å²) >= 11 is 0. The average molecular weight is 407 g/mol. The summed E-state index contributed by atoms with van der Waals surface area (Å²) in [6.07, 6.45) is 6.27. The van der Waals surface area contributed by atoms with Gasteiger partial charge in [0, 0.05) is 16.7 Å². The number of rotatable bonds is 4. The molecular weight excluding hydrogens is 384 g/mol. The van der Waals surface area contributed by atoms with Gasteiger partial charge in [-0.2, -0.15) is 0 Å². The lowest BCUT2D eigenvalue weighted by atomic mass is 9.81. The third kappa shape index (κ3) is 3.62. The zero-order chi connectivity index (χ0) is 21.8. The third-order valence-electron chi connectivity index (χ3n) is 5.77. The molecule has 0 aliphatic heterocycles. The van der Waals surface area contributed by atoms with E-state index in [9.17, 15) is 0 Å². The zero-order valence-electron chi connectivity index (χ0n) is 17.7. The maximum Gasteiger partial charge on any atom is 0.0411 e. The quantitative estimate of drug-likeness (QED) is 0.263. The molecule has 5 aromatic carbocycles. The standard InChI is InChI=1S/C32H22/c1-2-28-31(26-19-11-5-12-20-26)29(24-15-7-3-8-16-24)23-30(25-17-9-4-10-18-25)32(28)27-21-13-6-14-22-27/h1,3-23H. The molecule has 0 aliphatic carbocycles. The summed E-state index contributed by atoms with van der Waals surface area (Å²) in [5.41, 5.74) is 9.94. The lowest BCUT2D eigenvalue weighted by Gasteiger charge is -2.21. The van der Waals surface area contributed by atoms with Gasteiger partial charge >= 0.3 is 0 Å². The molecular formula is C32H22. The number of benzene rings is 5. The maximum atomic E-state index is 6.27.